The summed E-state index contributed by atoms with van der Waals surface area (Å²) in [7, 11) is 0. The molecule has 0 amide bonds. The van der Waals surface area contributed by atoms with Gasteiger partial charge in [-0.25, -0.2) is 4.98 Å². The molecule has 0 aliphatic heterocycles. The van der Waals surface area contributed by atoms with E-state index in [9.17, 15) is 0 Å². The number of hydrogen-bond acceptors (Lipinski definition) is 3. The Bertz CT molecular complexity index is 522. The van der Waals surface area contributed by atoms with Gasteiger partial charge in [0.2, 0.25) is 0 Å². The second kappa shape index (κ2) is 6.16. The quantitative estimate of drug-likeness (QED) is 0.851. The number of aromatic nitrogens is 1. The zero-order chi connectivity index (χ0) is 13.0. The van der Waals surface area contributed by atoms with Gasteiger partial charge in [0.25, 0.3) is 0 Å². The molecule has 3 nitrogen and oxygen atoms in total. The van der Waals surface area contributed by atoms with Crippen molar-refractivity contribution in [1.29, 1.82) is 0 Å². The normalized spacial score (nSPS) is 10.8. The first-order valence-corrected chi connectivity index (χ1v) is 6.91. The van der Waals surface area contributed by atoms with Crippen molar-refractivity contribution in [2.24, 2.45) is 0 Å². The van der Waals surface area contributed by atoms with Crippen molar-refractivity contribution in [2.75, 3.05) is 6.54 Å². The maximum atomic E-state index is 5.51. The summed E-state index contributed by atoms with van der Waals surface area (Å²) in [6.45, 7) is 5.95. The fourth-order valence-electron chi connectivity index (χ4n) is 1.80. The third-order valence-electron chi connectivity index (χ3n) is 2.78. The fourth-order valence-corrected chi connectivity index (χ4v) is 2.05. The van der Waals surface area contributed by atoms with Gasteiger partial charge in [-0.2, -0.15) is 0 Å². The lowest BCUT2D eigenvalue weighted by Gasteiger charge is -2.05. The van der Waals surface area contributed by atoms with Crippen LogP contribution in [0.3, 0.4) is 0 Å². The summed E-state index contributed by atoms with van der Waals surface area (Å²) >= 11 is 3.50. The lowest BCUT2D eigenvalue weighted by molar-refractivity contribution is 0.569. The van der Waals surface area contributed by atoms with E-state index in [1.165, 1.54) is 12.0 Å². The van der Waals surface area contributed by atoms with Gasteiger partial charge in [0, 0.05) is 16.6 Å². The van der Waals surface area contributed by atoms with E-state index in [1.54, 1.807) is 0 Å². The SMILES string of the molecule is CCCNCc1ncoc1-c1ccc(Br)c(C)c1. The van der Waals surface area contributed by atoms with Gasteiger partial charge in [-0.15, -0.1) is 0 Å². The summed E-state index contributed by atoms with van der Waals surface area (Å²) in [5.41, 5.74) is 3.23. The van der Waals surface area contributed by atoms with Gasteiger partial charge >= 0.3 is 0 Å². The molecule has 0 bridgehead atoms. The molecular formula is C14H17BrN2O. The van der Waals surface area contributed by atoms with Crippen molar-refractivity contribution < 1.29 is 4.42 Å². The number of rotatable bonds is 5. The number of halogens is 1. The molecule has 96 valence electrons. The molecule has 1 aromatic heterocycles. The molecular weight excluding hydrogens is 292 g/mol. The van der Waals surface area contributed by atoms with Crippen molar-refractivity contribution in [3.05, 3.63) is 40.3 Å². The topological polar surface area (TPSA) is 38.1 Å². The highest BCUT2D eigenvalue weighted by atomic mass is 79.9. The zero-order valence-electron chi connectivity index (χ0n) is 10.7. The highest BCUT2D eigenvalue weighted by molar-refractivity contribution is 9.10. The molecule has 0 radical (unpaired) electrons. The third-order valence-corrected chi connectivity index (χ3v) is 3.67. The van der Waals surface area contributed by atoms with Crippen molar-refractivity contribution in [1.82, 2.24) is 10.3 Å². The summed E-state index contributed by atoms with van der Waals surface area (Å²) in [6, 6.07) is 6.19. The largest absolute Gasteiger partial charge is 0.443 e. The number of nitrogens with one attached hydrogen (secondary N) is 1. The van der Waals surface area contributed by atoms with E-state index in [1.807, 2.05) is 12.1 Å². The maximum absolute atomic E-state index is 5.51. The van der Waals surface area contributed by atoms with E-state index >= 15 is 0 Å². The standard InChI is InChI=1S/C14H17BrN2O/c1-3-6-16-8-13-14(18-9-17-13)11-4-5-12(15)10(2)7-11/h4-5,7,9,16H,3,6,8H2,1-2H3. The minimum absolute atomic E-state index is 0.745. The van der Waals surface area contributed by atoms with Crippen molar-refractivity contribution in [3.63, 3.8) is 0 Å². The highest BCUT2D eigenvalue weighted by Gasteiger charge is 2.11. The highest BCUT2D eigenvalue weighted by Crippen LogP contribution is 2.27. The molecule has 0 aliphatic rings. The predicted octanol–water partition coefficient (Wildman–Crippen LogP) is 3.91. The summed E-state index contributed by atoms with van der Waals surface area (Å²) in [6.07, 6.45) is 2.63. The van der Waals surface area contributed by atoms with Crippen molar-refractivity contribution in [2.45, 2.75) is 26.8 Å². The molecule has 0 saturated carbocycles. The molecule has 1 heterocycles. The lowest BCUT2D eigenvalue weighted by atomic mass is 10.1. The lowest BCUT2D eigenvalue weighted by Crippen LogP contribution is -2.14. The van der Waals surface area contributed by atoms with Crippen LogP contribution in [0.15, 0.2) is 33.5 Å². The maximum Gasteiger partial charge on any atom is 0.181 e. The zero-order valence-corrected chi connectivity index (χ0v) is 12.3. The Morgan fingerprint density at radius 3 is 2.94 bits per heavy atom. The first-order chi connectivity index (χ1) is 8.72. The fraction of sp³-hybridized carbons (Fsp3) is 0.357. The summed E-state index contributed by atoms with van der Waals surface area (Å²) in [5, 5.41) is 3.34. The molecule has 2 aromatic rings. The monoisotopic (exact) mass is 308 g/mol. The minimum atomic E-state index is 0.745. The van der Waals surface area contributed by atoms with Gasteiger partial charge in [-0.1, -0.05) is 28.9 Å². The molecule has 18 heavy (non-hydrogen) atoms. The van der Waals surface area contributed by atoms with Gasteiger partial charge in [0.05, 0.1) is 0 Å². The van der Waals surface area contributed by atoms with Crippen LogP contribution in [0.2, 0.25) is 0 Å². The smallest absolute Gasteiger partial charge is 0.181 e. The van der Waals surface area contributed by atoms with Crippen LogP contribution in [0.1, 0.15) is 24.6 Å². The molecule has 0 saturated heterocycles. The molecule has 1 N–H and O–H groups in total. The van der Waals surface area contributed by atoms with E-state index in [0.29, 0.717) is 0 Å². The van der Waals surface area contributed by atoms with Crippen LogP contribution >= 0.6 is 15.9 Å². The minimum Gasteiger partial charge on any atom is -0.443 e. The van der Waals surface area contributed by atoms with E-state index in [0.717, 1.165) is 41.0 Å². The molecule has 0 fully saturated rings. The molecule has 4 heteroatoms. The Morgan fingerprint density at radius 1 is 1.39 bits per heavy atom. The van der Waals surface area contributed by atoms with E-state index in [-0.39, 0.29) is 0 Å². The number of oxazole rings is 1. The van der Waals surface area contributed by atoms with Crippen LogP contribution in [-0.2, 0) is 6.54 Å². The second-order valence-corrected chi connectivity index (χ2v) is 5.12. The average Bonchev–Trinajstić information content (AvgIpc) is 2.81. The number of aryl methyl sites for hydroxylation is 1. The van der Waals surface area contributed by atoms with E-state index < -0.39 is 0 Å². The Labute approximate surface area is 116 Å². The third kappa shape index (κ3) is 3.00. The Hall–Kier alpha value is -1.13. The van der Waals surface area contributed by atoms with Gasteiger partial charge in [-0.3, -0.25) is 0 Å². The van der Waals surface area contributed by atoms with Crippen LogP contribution in [0, 0.1) is 6.92 Å². The average molecular weight is 309 g/mol. The van der Waals surface area contributed by atoms with Crippen molar-refractivity contribution >= 4 is 15.9 Å². The van der Waals surface area contributed by atoms with Gasteiger partial charge in [-0.05, 0) is 37.6 Å². The van der Waals surface area contributed by atoms with Crippen LogP contribution < -0.4 is 5.32 Å². The Morgan fingerprint density at radius 2 is 2.22 bits per heavy atom. The summed E-state index contributed by atoms with van der Waals surface area (Å²) in [5.74, 6) is 0.856. The van der Waals surface area contributed by atoms with Gasteiger partial charge in [0.1, 0.15) is 5.69 Å². The van der Waals surface area contributed by atoms with E-state index in [4.69, 9.17) is 4.42 Å². The van der Waals surface area contributed by atoms with Crippen LogP contribution in [-0.4, -0.2) is 11.5 Å². The molecule has 0 atom stereocenters. The molecule has 0 aliphatic carbocycles. The van der Waals surface area contributed by atoms with E-state index in [2.05, 4.69) is 46.1 Å². The second-order valence-electron chi connectivity index (χ2n) is 4.27. The molecule has 2 rings (SSSR count). The first kappa shape index (κ1) is 13.3. The van der Waals surface area contributed by atoms with Crippen molar-refractivity contribution in [3.8, 4) is 11.3 Å². The Balaban J connectivity index is 2.22. The Kier molecular flexibility index (Phi) is 4.55. The summed E-state index contributed by atoms with van der Waals surface area (Å²) < 4.78 is 6.62. The molecule has 0 unspecified atom stereocenters. The number of nitrogens with zero attached hydrogens (tertiary/aromatic N) is 1. The van der Waals surface area contributed by atoms with Crippen LogP contribution in [0.5, 0.6) is 0 Å². The number of benzene rings is 1. The van der Waals surface area contributed by atoms with Crippen LogP contribution in [0.25, 0.3) is 11.3 Å². The predicted molar refractivity (Wildman–Crippen MR) is 76.4 cm³/mol. The summed E-state index contributed by atoms with van der Waals surface area (Å²) in [4.78, 5) is 4.28. The molecule has 0 spiro atoms. The number of hydrogen-bond donors (Lipinski definition) is 1. The van der Waals surface area contributed by atoms with Gasteiger partial charge < -0.3 is 9.73 Å². The van der Waals surface area contributed by atoms with Gasteiger partial charge in [0.15, 0.2) is 12.2 Å². The molecule has 1 aromatic carbocycles. The first-order valence-electron chi connectivity index (χ1n) is 6.12. The van der Waals surface area contributed by atoms with Crippen LogP contribution in [0.4, 0.5) is 0 Å².